The maximum Gasteiger partial charge on any atom is 0.259 e. The van der Waals surface area contributed by atoms with Gasteiger partial charge in [-0.2, -0.15) is 0 Å². The van der Waals surface area contributed by atoms with Crippen molar-refractivity contribution >= 4 is 17.2 Å². The smallest absolute Gasteiger partial charge is 0.259 e. The standard InChI is InChI=1S/C17H20FN3OS/c18-17(16(22)20-11-14-4-7-19-8-5-14)6-2-9-21(13-17)12-15-3-1-10-23-15/h1,3-5,7-8,10H,2,6,9,11-13H2,(H,20,22). The fourth-order valence-corrected chi connectivity index (χ4v) is 3.63. The van der Waals surface area contributed by atoms with Crippen LogP contribution in [0, 0.1) is 0 Å². The second kappa shape index (κ2) is 7.19. The third kappa shape index (κ3) is 4.14. The molecule has 1 aliphatic heterocycles. The third-order valence-corrected chi connectivity index (χ3v) is 4.95. The van der Waals surface area contributed by atoms with Crippen LogP contribution >= 0.6 is 11.3 Å². The Morgan fingerprint density at radius 1 is 1.39 bits per heavy atom. The van der Waals surface area contributed by atoms with Gasteiger partial charge >= 0.3 is 0 Å². The van der Waals surface area contributed by atoms with Crippen LogP contribution in [-0.4, -0.2) is 34.5 Å². The van der Waals surface area contributed by atoms with Crippen molar-refractivity contribution in [3.05, 3.63) is 52.5 Å². The van der Waals surface area contributed by atoms with Crippen LogP contribution in [0.1, 0.15) is 23.3 Å². The molecule has 3 heterocycles. The van der Waals surface area contributed by atoms with Crippen molar-refractivity contribution < 1.29 is 9.18 Å². The summed E-state index contributed by atoms with van der Waals surface area (Å²) in [4.78, 5) is 19.5. The van der Waals surface area contributed by atoms with E-state index in [-0.39, 0.29) is 13.0 Å². The topological polar surface area (TPSA) is 45.2 Å². The number of thiophene rings is 1. The molecule has 1 unspecified atom stereocenters. The third-order valence-electron chi connectivity index (χ3n) is 4.09. The lowest BCUT2D eigenvalue weighted by Gasteiger charge is -2.36. The molecule has 122 valence electrons. The van der Waals surface area contributed by atoms with E-state index in [0.29, 0.717) is 19.5 Å². The summed E-state index contributed by atoms with van der Waals surface area (Å²) in [5.41, 5.74) is -0.883. The Hall–Kier alpha value is -1.79. The minimum atomic E-state index is -1.80. The average Bonchev–Trinajstić information content (AvgIpc) is 3.06. The Labute approximate surface area is 139 Å². The van der Waals surface area contributed by atoms with E-state index >= 15 is 4.39 Å². The quantitative estimate of drug-likeness (QED) is 0.915. The molecule has 4 nitrogen and oxygen atoms in total. The Morgan fingerprint density at radius 3 is 2.96 bits per heavy atom. The summed E-state index contributed by atoms with van der Waals surface area (Å²) in [5, 5.41) is 4.74. The van der Waals surface area contributed by atoms with Gasteiger partial charge in [0.25, 0.3) is 5.91 Å². The number of amides is 1. The summed E-state index contributed by atoms with van der Waals surface area (Å²) in [6, 6.07) is 7.67. The van der Waals surface area contributed by atoms with Gasteiger partial charge in [0.2, 0.25) is 5.67 Å². The highest BCUT2D eigenvalue weighted by molar-refractivity contribution is 7.09. The fourth-order valence-electron chi connectivity index (χ4n) is 2.88. The Bertz CT molecular complexity index is 635. The lowest BCUT2D eigenvalue weighted by Crippen LogP contribution is -2.53. The highest BCUT2D eigenvalue weighted by Crippen LogP contribution is 2.27. The summed E-state index contributed by atoms with van der Waals surface area (Å²) in [6.07, 6.45) is 4.31. The SMILES string of the molecule is O=C(NCc1ccncc1)C1(F)CCCN(Cc2cccs2)C1. The number of carbonyl (C=O) groups is 1. The number of aromatic nitrogens is 1. The van der Waals surface area contributed by atoms with Gasteiger partial charge in [-0.25, -0.2) is 4.39 Å². The van der Waals surface area contributed by atoms with Gasteiger partial charge < -0.3 is 5.32 Å². The first-order valence-electron chi connectivity index (χ1n) is 7.77. The van der Waals surface area contributed by atoms with Crippen LogP contribution in [0.15, 0.2) is 42.0 Å². The van der Waals surface area contributed by atoms with Crippen molar-refractivity contribution in [3.63, 3.8) is 0 Å². The van der Waals surface area contributed by atoms with E-state index in [2.05, 4.69) is 10.3 Å². The number of piperidine rings is 1. The summed E-state index contributed by atoms with van der Waals surface area (Å²) in [5.74, 6) is -0.509. The second-order valence-corrected chi connectivity index (χ2v) is 6.93. The van der Waals surface area contributed by atoms with Gasteiger partial charge in [0.1, 0.15) is 0 Å². The maximum absolute atomic E-state index is 15.1. The van der Waals surface area contributed by atoms with Crippen molar-refractivity contribution in [2.45, 2.75) is 31.6 Å². The molecular formula is C17H20FN3OS. The first-order valence-corrected chi connectivity index (χ1v) is 8.64. The van der Waals surface area contributed by atoms with Crippen molar-refractivity contribution in [2.75, 3.05) is 13.1 Å². The number of likely N-dealkylation sites (tertiary alicyclic amines) is 1. The number of pyridine rings is 1. The molecule has 0 aliphatic carbocycles. The molecule has 0 radical (unpaired) electrons. The van der Waals surface area contributed by atoms with E-state index in [1.807, 2.05) is 34.5 Å². The van der Waals surface area contributed by atoms with Crippen LogP contribution in [0.25, 0.3) is 0 Å². The maximum atomic E-state index is 15.1. The monoisotopic (exact) mass is 333 g/mol. The minimum absolute atomic E-state index is 0.160. The number of hydrogen-bond donors (Lipinski definition) is 1. The number of nitrogens with one attached hydrogen (secondary N) is 1. The van der Waals surface area contributed by atoms with E-state index in [9.17, 15) is 4.79 Å². The molecule has 0 spiro atoms. The molecule has 1 fully saturated rings. The zero-order valence-electron chi connectivity index (χ0n) is 12.9. The molecule has 1 saturated heterocycles. The van der Waals surface area contributed by atoms with Crippen LogP contribution in [-0.2, 0) is 17.9 Å². The first-order chi connectivity index (χ1) is 11.2. The number of rotatable bonds is 5. The lowest BCUT2D eigenvalue weighted by molar-refractivity contribution is -0.137. The summed E-state index contributed by atoms with van der Waals surface area (Å²) in [7, 11) is 0. The number of carbonyl (C=O) groups excluding carboxylic acids is 1. The lowest BCUT2D eigenvalue weighted by atomic mass is 9.93. The van der Waals surface area contributed by atoms with Crippen LogP contribution < -0.4 is 5.32 Å². The molecule has 0 saturated carbocycles. The van der Waals surface area contributed by atoms with Crippen LogP contribution in [0.5, 0.6) is 0 Å². The van der Waals surface area contributed by atoms with Gasteiger partial charge in [0.15, 0.2) is 0 Å². The molecule has 1 amide bonds. The van der Waals surface area contributed by atoms with E-state index in [4.69, 9.17) is 0 Å². The minimum Gasteiger partial charge on any atom is -0.349 e. The highest BCUT2D eigenvalue weighted by atomic mass is 32.1. The van der Waals surface area contributed by atoms with Crippen molar-refractivity contribution in [3.8, 4) is 0 Å². The van der Waals surface area contributed by atoms with Crippen molar-refractivity contribution in [1.82, 2.24) is 15.2 Å². The van der Waals surface area contributed by atoms with Gasteiger partial charge in [-0.05, 0) is 48.5 Å². The van der Waals surface area contributed by atoms with Gasteiger partial charge in [0.05, 0.1) is 0 Å². The highest BCUT2D eigenvalue weighted by Gasteiger charge is 2.42. The predicted molar refractivity (Wildman–Crippen MR) is 88.8 cm³/mol. The molecule has 23 heavy (non-hydrogen) atoms. The molecule has 3 rings (SSSR count). The Morgan fingerprint density at radius 2 is 2.22 bits per heavy atom. The fraction of sp³-hybridized carbons (Fsp3) is 0.412. The van der Waals surface area contributed by atoms with E-state index in [0.717, 1.165) is 12.1 Å². The molecule has 2 aromatic rings. The molecule has 2 aromatic heterocycles. The number of halogens is 1. The molecule has 6 heteroatoms. The molecular weight excluding hydrogens is 313 g/mol. The number of hydrogen-bond acceptors (Lipinski definition) is 4. The van der Waals surface area contributed by atoms with Gasteiger partial charge in [-0.15, -0.1) is 11.3 Å². The molecule has 1 atom stereocenters. The van der Waals surface area contributed by atoms with Gasteiger partial charge in [-0.1, -0.05) is 6.07 Å². The zero-order chi connectivity index (χ0) is 16.1. The average molecular weight is 333 g/mol. The zero-order valence-corrected chi connectivity index (χ0v) is 13.7. The van der Waals surface area contributed by atoms with E-state index in [1.54, 1.807) is 23.7 Å². The normalized spacial score (nSPS) is 22.0. The number of alkyl halides is 1. The number of nitrogens with zero attached hydrogens (tertiary/aromatic N) is 2. The van der Waals surface area contributed by atoms with Gasteiger partial charge in [0, 0.05) is 36.9 Å². The summed E-state index contributed by atoms with van der Waals surface area (Å²) < 4.78 is 15.1. The van der Waals surface area contributed by atoms with E-state index in [1.165, 1.54) is 4.88 Å². The molecule has 0 bridgehead atoms. The van der Waals surface area contributed by atoms with E-state index < -0.39 is 11.6 Å². The Kier molecular flexibility index (Phi) is 5.03. The van der Waals surface area contributed by atoms with Gasteiger partial charge in [-0.3, -0.25) is 14.7 Å². The summed E-state index contributed by atoms with van der Waals surface area (Å²) in [6.45, 7) is 2.03. The Balaban J connectivity index is 1.57. The van der Waals surface area contributed by atoms with Crippen LogP contribution in [0.2, 0.25) is 0 Å². The largest absolute Gasteiger partial charge is 0.349 e. The van der Waals surface area contributed by atoms with Crippen molar-refractivity contribution in [2.24, 2.45) is 0 Å². The predicted octanol–water partition coefficient (Wildman–Crippen LogP) is 2.76. The first kappa shape index (κ1) is 16.1. The van der Waals surface area contributed by atoms with Crippen molar-refractivity contribution in [1.29, 1.82) is 0 Å². The molecule has 0 aromatic carbocycles. The van der Waals surface area contributed by atoms with Crippen LogP contribution in [0.4, 0.5) is 4.39 Å². The molecule has 1 aliphatic rings. The summed E-state index contributed by atoms with van der Waals surface area (Å²) >= 11 is 1.66. The molecule has 1 N–H and O–H groups in total. The van der Waals surface area contributed by atoms with Crippen LogP contribution in [0.3, 0.4) is 0 Å². The second-order valence-electron chi connectivity index (χ2n) is 5.90.